The van der Waals surface area contributed by atoms with Gasteiger partial charge in [-0.15, -0.1) is 0 Å². The molecule has 2 aromatic heterocycles. The van der Waals surface area contributed by atoms with Gasteiger partial charge in [0.2, 0.25) is 0 Å². The van der Waals surface area contributed by atoms with Gasteiger partial charge in [-0.25, -0.2) is 9.78 Å². The first-order chi connectivity index (χ1) is 10.1. The van der Waals surface area contributed by atoms with Gasteiger partial charge < -0.3 is 14.9 Å². The standard InChI is InChI=1S/C15H13N3O3/c1-9-6-10(18-21-9)8-16-14-7-12(15(19)20)11-4-2-3-5-13(11)17-14/h2-7H,8H2,1H3,(H,16,17)(H,19,20). The number of hydrogen-bond donors (Lipinski definition) is 2. The van der Waals surface area contributed by atoms with E-state index in [0.29, 0.717) is 23.3 Å². The second kappa shape index (κ2) is 5.24. The van der Waals surface area contributed by atoms with Gasteiger partial charge in [0.1, 0.15) is 17.3 Å². The van der Waals surface area contributed by atoms with Crippen LogP contribution < -0.4 is 5.32 Å². The Morgan fingerprint density at radius 2 is 2.14 bits per heavy atom. The first-order valence-corrected chi connectivity index (χ1v) is 6.42. The smallest absolute Gasteiger partial charge is 0.336 e. The fraction of sp³-hybridized carbons (Fsp3) is 0.133. The number of carbonyl (C=O) groups is 1. The summed E-state index contributed by atoms with van der Waals surface area (Å²) in [4.78, 5) is 15.8. The fourth-order valence-corrected chi connectivity index (χ4v) is 2.13. The Balaban J connectivity index is 1.93. The monoisotopic (exact) mass is 283 g/mol. The number of fused-ring (bicyclic) bond motifs is 1. The molecule has 0 amide bonds. The SMILES string of the molecule is Cc1cc(CNc2cc(C(=O)O)c3ccccc3n2)no1. The zero-order chi connectivity index (χ0) is 14.8. The number of anilines is 1. The molecule has 6 heteroatoms. The van der Waals surface area contributed by atoms with E-state index >= 15 is 0 Å². The Morgan fingerprint density at radius 3 is 2.86 bits per heavy atom. The van der Waals surface area contributed by atoms with Crippen LogP contribution >= 0.6 is 0 Å². The third kappa shape index (κ3) is 2.69. The number of pyridine rings is 1. The third-order valence-electron chi connectivity index (χ3n) is 3.07. The zero-order valence-electron chi connectivity index (χ0n) is 11.3. The van der Waals surface area contributed by atoms with E-state index in [9.17, 15) is 9.90 Å². The number of aromatic carboxylic acids is 1. The molecule has 6 nitrogen and oxygen atoms in total. The summed E-state index contributed by atoms with van der Waals surface area (Å²) < 4.78 is 4.98. The van der Waals surface area contributed by atoms with Gasteiger partial charge in [-0.1, -0.05) is 23.4 Å². The highest BCUT2D eigenvalue weighted by atomic mass is 16.5. The summed E-state index contributed by atoms with van der Waals surface area (Å²) in [5.41, 5.74) is 1.59. The summed E-state index contributed by atoms with van der Waals surface area (Å²) >= 11 is 0. The van der Waals surface area contributed by atoms with Crippen molar-refractivity contribution in [2.24, 2.45) is 0 Å². The van der Waals surface area contributed by atoms with E-state index in [2.05, 4.69) is 15.5 Å². The van der Waals surface area contributed by atoms with Gasteiger partial charge in [0, 0.05) is 11.5 Å². The van der Waals surface area contributed by atoms with Crippen LogP contribution in [0, 0.1) is 6.92 Å². The van der Waals surface area contributed by atoms with Crippen molar-refractivity contribution in [3.63, 3.8) is 0 Å². The molecule has 2 N–H and O–H groups in total. The lowest BCUT2D eigenvalue weighted by atomic mass is 10.1. The Labute approximate surface area is 120 Å². The maximum absolute atomic E-state index is 11.4. The van der Waals surface area contributed by atoms with Crippen LogP contribution in [0.15, 0.2) is 40.9 Å². The van der Waals surface area contributed by atoms with Gasteiger partial charge >= 0.3 is 5.97 Å². The number of aromatic nitrogens is 2. The van der Waals surface area contributed by atoms with Crippen molar-refractivity contribution >= 4 is 22.7 Å². The number of para-hydroxylation sites is 1. The van der Waals surface area contributed by atoms with Gasteiger partial charge in [-0.2, -0.15) is 0 Å². The number of hydrogen-bond acceptors (Lipinski definition) is 5. The predicted molar refractivity (Wildman–Crippen MR) is 77.3 cm³/mol. The Hall–Kier alpha value is -2.89. The third-order valence-corrected chi connectivity index (χ3v) is 3.07. The molecule has 0 radical (unpaired) electrons. The summed E-state index contributed by atoms with van der Waals surface area (Å²) in [6.07, 6.45) is 0. The zero-order valence-corrected chi connectivity index (χ0v) is 11.3. The number of benzene rings is 1. The highest BCUT2D eigenvalue weighted by molar-refractivity contribution is 6.03. The molecule has 3 rings (SSSR count). The van der Waals surface area contributed by atoms with Crippen LogP contribution in [0.25, 0.3) is 10.9 Å². The lowest BCUT2D eigenvalue weighted by molar-refractivity contribution is 0.0699. The molecule has 0 atom stereocenters. The van der Waals surface area contributed by atoms with Crippen LogP contribution in [0.3, 0.4) is 0 Å². The van der Waals surface area contributed by atoms with Crippen LogP contribution in [0.1, 0.15) is 21.8 Å². The molecule has 0 fully saturated rings. The average molecular weight is 283 g/mol. The summed E-state index contributed by atoms with van der Waals surface area (Å²) in [6, 6.07) is 10.5. The lowest BCUT2D eigenvalue weighted by Gasteiger charge is -2.07. The van der Waals surface area contributed by atoms with E-state index in [1.165, 1.54) is 6.07 Å². The maximum atomic E-state index is 11.4. The minimum absolute atomic E-state index is 0.222. The second-order valence-electron chi connectivity index (χ2n) is 4.66. The molecule has 21 heavy (non-hydrogen) atoms. The molecule has 0 aliphatic carbocycles. The van der Waals surface area contributed by atoms with Crippen LogP contribution in [-0.4, -0.2) is 21.2 Å². The van der Waals surface area contributed by atoms with Crippen LogP contribution in [0.4, 0.5) is 5.82 Å². The minimum Gasteiger partial charge on any atom is -0.478 e. The van der Waals surface area contributed by atoms with E-state index in [1.54, 1.807) is 18.2 Å². The van der Waals surface area contributed by atoms with Crippen LogP contribution in [0.2, 0.25) is 0 Å². The maximum Gasteiger partial charge on any atom is 0.336 e. The first-order valence-electron chi connectivity index (χ1n) is 6.42. The summed E-state index contributed by atoms with van der Waals surface area (Å²) in [7, 11) is 0. The number of rotatable bonds is 4. The molecule has 3 aromatic rings. The van der Waals surface area contributed by atoms with Crippen molar-refractivity contribution in [3.05, 3.63) is 53.4 Å². The Bertz CT molecular complexity index is 811. The summed E-state index contributed by atoms with van der Waals surface area (Å²) in [6.45, 7) is 2.23. The Morgan fingerprint density at radius 1 is 1.33 bits per heavy atom. The number of nitrogens with zero attached hydrogens (tertiary/aromatic N) is 2. The molecular weight excluding hydrogens is 270 g/mol. The van der Waals surface area contributed by atoms with Gasteiger partial charge in [-0.3, -0.25) is 0 Å². The minimum atomic E-state index is -0.978. The lowest BCUT2D eigenvalue weighted by Crippen LogP contribution is -2.05. The molecule has 0 spiro atoms. The topological polar surface area (TPSA) is 88.2 Å². The molecule has 0 saturated carbocycles. The van der Waals surface area contributed by atoms with E-state index in [-0.39, 0.29) is 5.56 Å². The molecule has 0 saturated heterocycles. The highest BCUT2D eigenvalue weighted by Crippen LogP contribution is 2.21. The van der Waals surface area contributed by atoms with Crippen LogP contribution in [-0.2, 0) is 6.54 Å². The van der Waals surface area contributed by atoms with Gasteiger partial charge in [0.15, 0.2) is 0 Å². The van der Waals surface area contributed by atoms with Crippen molar-refractivity contribution in [1.29, 1.82) is 0 Å². The van der Waals surface area contributed by atoms with Gasteiger partial charge in [-0.05, 0) is 19.1 Å². The quantitative estimate of drug-likeness (QED) is 0.765. The van der Waals surface area contributed by atoms with Crippen molar-refractivity contribution < 1.29 is 14.4 Å². The molecule has 0 aliphatic rings. The van der Waals surface area contributed by atoms with Crippen molar-refractivity contribution in [3.8, 4) is 0 Å². The normalized spacial score (nSPS) is 10.7. The molecule has 0 bridgehead atoms. The molecule has 0 aliphatic heterocycles. The van der Waals surface area contributed by atoms with Crippen molar-refractivity contribution in [2.45, 2.75) is 13.5 Å². The number of nitrogens with one attached hydrogen (secondary N) is 1. The Kier molecular flexibility index (Phi) is 3.27. The summed E-state index contributed by atoms with van der Waals surface area (Å²) in [5.74, 6) is 0.241. The fourth-order valence-electron chi connectivity index (χ4n) is 2.13. The van der Waals surface area contributed by atoms with Crippen molar-refractivity contribution in [1.82, 2.24) is 10.1 Å². The van der Waals surface area contributed by atoms with E-state index in [1.807, 2.05) is 19.1 Å². The second-order valence-corrected chi connectivity index (χ2v) is 4.66. The molecule has 106 valence electrons. The van der Waals surface area contributed by atoms with E-state index in [4.69, 9.17) is 4.52 Å². The number of aryl methyl sites for hydroxylation is 1. The highest BCUT2D eigenvalue weighted by Gasteiger charge is 2.11. The largest absolute Gasteiger partial charge is 0.478 e. The van der Waals surface area contributed by atoms with Gasteiger partial charge in [0.25, 0.3) is 0 Å². The van der Waals surface area contributed by atoms with Crippen LogP contribution in [0.5, 0.6) is 0 Å². The van der Waals surface area contributed by atoms with Crippen molar-refractivity contribution in [2.75, 3.05) is 5.32 Å². The number of carboxylic acids is 1. The molecule has 0 unspecified atom stereocenters. The number of carboxylic acid groups (broad SMARTS) is 1. The predicted octanol–water partition coefficient (Wildman–Crippen LogP) is 2.84. The van der Waals surface area contributed by atoms with E-state index < -0.39 is 5.97 Å². The van der Waals surface area contributed by atoms with E-state index in [0.717, 1.165) is 11.5 Å². The average Bonchev–Trinajstić information content (AvgIpc) is 2.89. The molecule has 2 heterocycles. The van der Waals surface area contributed by atoms with Gasteiger partial charge in [0.05, 0.1) is 17.6 Å². The molecule has 1 aromatic carbocycles. The molecular formula is C15H13N3O3. The first kappa shape index (κ1) is 13.1. The summed E-state index contributed by atoms with van der Waals surface area (Å²) in [5, 5.41) is 16.9.